The summed E-state index contributed by atoms with van der Waals surface area (Å²) in [5.41, 5.74) is 7.25. The van der Waals surface area contributed by atoms with Crippen molar-refractivity contribution in [2.75, 3.05) is 13.2 Å². The Morgan fingerprint density at radius 3 is 3.07 bits per heavy atom. The van der Waals surface area contributed by atoms with Gasteiger partial charge in [-0.3, -0.25) is 0 Å². The van der Waals surface area contributed by atoms with Crippen LogP contribution in [0.3, 0.4) is 0 Å². The molecule has 82 valence electrons. The number of aromatic nitrogens is 1. The van der Waals surface area contributed by atoms with Crippen molar-refractivity contribution in [3.63, 3.8) is 0 Å². The van der Waals surface area contributed by atoms with Crippen molar-refractivity contribution in [1.29, 1.82) is 0 Å². The van der Waals surface area contributed by atoms with Crippen molar-refractivity contribution >= 4 is 11.3 Å². The van der Waals surface area contributed by atoms with Gasteiger partial charge in [0.05, 0.1) is 17.3 Å². The largest absolute Gasteiger partial charge is 0.381 e. The maximum absolute atomic E-state index is 6.07. The van der Waals surface area contributed by atoms with Gasteiger partial charge in [0.15, 0.2) is 0 Å². The molecule has 2 N–H and O–H groups in total. The van der Waals surface area contributed by atoms with Crippen LogP contribution in [0.5, 0.6) is 0 Å². The van der Waals surface area contributed by atoms with Gasteiger partial charge in [0.25, 0.3) is 0 Å². The van der Waals surface area contributed by atoms with Crippen LogP contribution in [0.1, 0.15) is 46.8 Å². The molecule has 1 aliphatic heterocycles. The molecule has 0 radical (unpaired) electrons. The van der Waals surface area contributed by atoms with E-state index in [1.54, 1.807) is 0 Å². The van der Waals surface area contributed by atoms with Crippen molar-refractivity contribution < 1.29 is 4.74 Å². The molecule has 1 aromatic rings. The monoisotopic (exact) mass is 224 g/mol. The van der Waals surface area contributed by atoms with Gasteiger partial charge in [-0.1, -0.05) is 0 Å². The lowest BCUT2D eigenvalue weighted by Crippen LogP contribution is -2.16. The molecule has 0 saturated carbocycles. The second kappa shape index (κ2) is 3.85. The van der Waals surface area contributed by atoms with E-state index in [-0.39, 0.29) is 6.04 Å². The van der Waals surface area contributed by atoms with Crippen molar-refractivity contribution in [3.8, 4) is 0 Å². The number of hydrogen-bond donors (Lipinski definition) is 1. The van der Waals surface area contributed by atoms with Gasteiger partial charge in [0.1, 0.15) is 0 Å². The minimum Gasteiger partial charge on any atom is -0.381 e. The second-order valence-corrected chi connectivity index (χ2v) is 5.53. The highest BCUT2D eigenvalue weighted by atomic mass is 32.1. The molecule has 1 aromatic heterocycles. The Morgan fingerprint density at radius 2 is 2.33 bits per heavy atom. The fourth-order valence-corrected chi connectivity index (χ4v) is 3.67. The SMILES string of the molecule is NC1CCCc2sc(C3CCOC3)nc21. The summed E-state index contributed by atoms with van der Waals surface area (Å²) in [7, 11) is 0. The minimum atomic E-state index is 0.182. The van der Waals surface area contributed by atoms with E-state index in [2.05, 4.69) is 0 Å². The summed E-state index contributed by atoms with van der Waals surface area (Å²) in [6, 6.07) is 0.182. The molecule has 2 heterocycles. The van der Waals surface area contributed by atoms with Crippen LogP contribution < -0.4 is 5.73 Å². The first-order valence-corrected chi connectivity index (χ1v) is 6.49. The first-order valence-electron chi connectivity index (χ1n) is 5.67. The van der Waals surface area contributed by atoms with E-state index in [4.69, 9.17) is 15.5 Å². The minimum absolute atomic E-state index is 0.182. The highest BCUT2D eigenvalue weighted by molar-refractivity contribution is 7.11. The number of ether oxygens (including phenoxy) is 1. The summed E-state index contributed by atoms with van der Waals surface area (Å²) in [4.78, 5) is 6.15. The number of aryl methyl sites for hydroxylation is 1. The van der Waals surface area contributed by atoms with E-state index < -0.39 is 0 Å². The van der Waals surface area contributed by atoms with Gasteiger partial charge in [0.2, 0.25) is 0 Å². The van der Waals surface area contributed by atoms with Crippen molar-refractivity contribution in [1.82, 2.24) is 4.98 Å². The van der Waals surface area contributed by atoms with E-state index in [9.17, 15) is 0 Å². The van der Waals surface area contributed by atoms with E-state index in [0.29, 0.717) is 5.92 Å². The number of fused-ring (bicyclic) bond motifs is 1. The highest BCUT2D eigenvalue weighted by Gasteiger charge is 2.26. The zero-order chi connectivity index (χ0) is 10.3. The number of thiazole rings is 1. The fraction of sp³-hybridized carbons (Fsp3) is 0.727. The molecule has 0 amide bonds. The van der Waals surface area contributed by atoms with Gasteiger partial charge >= 0.3 is 0 Å². The van der Waals surface area contributed by atoms with Crippen LogP contribution in [-0.2, 0) is 11.2 Å². The molecule has 15 heavy (non-hydrogen) atoms. The average molecular weight is 224 g/mol. The van der Waals surface area contributed by atoms with Gasteiger partial charge in [-0.05, 0) is 25.7 Å². The zero-order valence-corrected chi connectivity index (χ0v) is 9.55. The Hall–Kier alpha value is -0.450. The van der Waals surface area contributed by atoms with E-state index in [1.807, 2.05) is 11.3 Å². The van der Waals surface area contributed by atoms with Gasteiger partial charge in [-0.2, -0.15) is 0 Å². The van der Waals surface area contributed by atoms with Gasteiger partial charge in [-0.25, -0.2) is 4.98 Å². The summed E-state index contributed by atoms with van der Waals surface area (Å²) in [5.74, 6) is 0.535. The first-order chi connectivity index (χ1) is 7.34. The van der Waals surface area contributed by atoms with Gasteiger partial charge in [0, 0.05) is 23.4 Å². The normalized spacial score (nSPS) is 30.5. The Morgan fingerprint density at radius 1 is 1.40 bits per heavy atom. The molecule has 0 aromatic carbocycles. The second-order valence-electron chi connectivity index (χ2n) is 4.42. The quantitative estimate of drug-likeness (QED) is 0.793. The third-order valence-corrected chi connectivity index (χ3v) is 4.59. The maximum atomic E-state index is 6.07. The Bertz CT molecular complexity index is 357. The van der Waals surface area contributed by atoms with E-state index >= 15 is 0 Å². The van der Waals surface area contributed by atoms with Gasteiger partial charge < -0.3 is 10.5 Å². The van der Waals surface area contributed by atoms with E-state index in [0.717, 1.165) is 26.1 Å². The molecule has 1 saturated heterocycles. The highest BCUT2D eigenvalue weighted by Crippen LogP contribution is 2.36. The van der Waals surface area contributed by atoms with Crippen LogP contribution in [-0.4, -0.2) is 18.2 Å². The maximum Gasteiger partial charge on any atom is 0.0986 e. The molecule has 3 nitrogen and oxygen atoms in total. The van der Waals surface area contributed by atoms with Gasteiger partial charge in [-0.15, -0.1) is 11.3 Å². The topological polar surface area (TPSA) is 48.1 Å². The van der Waals surface area contributed by atoms with Crippen LogP contribution in [0.25, 0.3) is 0 Å². The first kappa shape index (κ1) is 9.75. The molecular weight excluding hydrogens is 208 g/mol. The molecule has 2 atom stereocenters. The Balaban J connectivity index is 1.90. The summed E-state index contributed by atoms with van der Waals surface area (Å²) >= 11 is 1.87. The Kier molecular flexibility index (Phi) is 2.50. The lowest BCUT2D eigenvalue weighted by molar-refractivity contribution is 0.194. The Labute approximate surface area is 93.7 Å². The van der Waals surface area contributed by atoms with Crippen molar-refractivity contribution in [3.05, 3.63) is 15.6 Å². The number of nitrogens with zero attached hydrogens (tertiary/aromatic N) is 1. The lowest BCUT2D eigenvalue weighted by atomic mass is 9.98. The molecule has 1 aliphatic carbocycles. The molecule has 2 aliphatic rings. The zero-order valence-electron chi connectivity index (χ0n) is 8.74. The summed E-state index contributed by atoms with van der Waals surface area (Å²) in [5, 5.41) is 1.26. The predicted octanol–water partition coefficient (Wildman–Crippen LogP) is 1.98. The molecule has 0 bridgehead atoms. The number of rotatable bonds is 1. The summed E-state index contributed by atoms with van der Waals surface area (Å²) < 4.78 is 5.41. The third kappa shape index (κ3) is 1.71. The molecule has 0 spiro atoms. The number of hydrogen-bond acceptors (Lipinski definition) is 4. The third-order valence-electron chi connectivity index (χ3n) is 3.29. The summed E-state index contributed by atoms with van der Waals surface area (Å²) in [6.45, 7) is 1.74. The molecule has 4 heteroatoms. The van der Waals surface area contributed by atoms with Crippen molar-refractivity contribution in [2.45, 2.75) is 37.6 Å². The van der Waals surface area contributed by atoms with Crippen LogP contribution in [0.15, 0.2) is 0 Å². The number of nitrogens with two attached hydrogens (primary N) is 1. The fourth-order valence-electron chi connectivity index (χ4n) is 2.37. The van der Waals surface area contributed by atoms with Crippen LogP contribution in [0.4, 0.5) is 0 Å². The van der Waals surface area contributed by atoms with Crippen molar-refractivity contribution in [2.24, 2.45) is 5.73 Å². The molecule has 2 unspecified atom stereocenters. The van der Waals surface area contributed by atoms with Crippen LogP contribution >= 0.6 is 11.3 Å². The molecule has 1 fully saturated rings. The summed E-state index contributed by atoms with van der Waals surface area (Å²) in [6.07, 6.45) is 4.62. The average Bonchev–Trinajstić information content (AvgIpc) is 2.86. The van der Waals surface area contributed by atoms with E-state index in [1.165, 1.54) is 28.4 Å². The lowest BCUT2D eigenvalue weighted by Gasteiger charge is -2.15. The molecule has 3 rings (SSSR count). The van der Waals surface area contributed by atoms with Crippen LogP contribution in [0.2, 0.25) is 0 Å². The smallest absolute Gasteiger partial charge is 0.0986 e. The molecular formula is C11H16N2OS. The standard InChI is InChI=1S/C11H16N2OS/c12-8-2-1-3-9-10(8)13-11(15-9)7-4-5-14-6-7/h7-8H,1-6,12H2. The predicted molar refractivity (Wildman–Crippen MR) is 60.2 cm³/mol. The van der Waals surface area contributed by atoms with Crippen LogP contribution in [0, 0.1) is 0 Å².